The zero-order chi connectivity index (χ0) is 16.7. The van der Waals surface area contributed by atoms with Gasteiger partial charge in [-0.2, -0.15) is 5.26 Å². The minimum absolute atomic E-state index is 0.139. The SMILES string of the molecule is N#C[C@]1(C(=O)O[C@@H]2CCOC2=O)[C@H]2C=C[C@H](C2)[C@@H]1c1ccccc1. The second-order valence-corrected chi connectivity index (χ2v) is 6.61. The second-order valence-electron chi connectivity index (χ2n) is 6.61. The van der Waals surface area contributed by atoms with Crippen LogP contribution in [0.1, 0.15) is 24.3 Å². The molecule has 0 N–H and O–H groups in total. The van der Waals surface area contributed by atoms with Crippen LogP contribution in [0, 0.1) is 28.6 Å². The summed E-state index contributed by atoms with van der Waals surface area (Å²) in [6, 6.07) is 11.9. The molecule has 5 heteroatoms. The molecule has 5 nitrogen and oxygen atoms in total. The summed E-state index contributed by atoms with van der Waals surface area (Å²) < 4.78 is 10.3. The average Bonchev–Trinajstić information content (AvgIpc) is 3.31. The first-order valence-electron chi connectivity index (χ1n) is 8.19. The van der Waals surface area contributed by atoms with Crippen molar-refractivity contribution < 1.29 is 19.1 Å². The van der Waals surface area contributed by atoms with E-state index in [1.54, 1.807) is 0 Å². The van der Waals surface area contributed by atoms with Gasteiger partial charge in [0.15, 0.2) is 5.41 Å². The normalized spacial score (nSPS) is 36.4. The molecule has 0 unspecified atom stereocenters. The number of cyclic esters (lactones) is 1. The van der Waals surface area contributed by atoms with Crippen LogP contribution >= 0.6 is 0 Å². The number of nitrogens with zero attached hydrogens (tertiary/aromatic N) is 1. The van der Waals surface area contributed by atoms with Gasteiger partial charge in [0.1, 0.15) is 0 Å². The Kier molecular flexibility index (Phi) is 3.42. The molecule has 0 radical (unpaired) electrons. The fraction of sp³-hybridized carbons (Fsp3) is 0.421. The van der Waals surface area contributed by atoms with Gasteiger partial charge >= 0.3 is 11.9 Å². The predicted octanol–water partition coefficient (Wildman–Crippen LogP) is 2.34. The van der Waals surface area contributed by atoms with E-state index in [-0.39, 0.29) is 24.4 Å². The first-order valence-corrected chi connectivity index (χ1v) is 8.19. The van der Waals surface area contributed by atoms with Gasteiger partial charge in [-0.3, -0.25) is 4.79 Å². The Morgan fingerprint density at radius 2 is 2.08 bits per heavy atom. The van der Waals surface area contributed by atoms with Gasteiger partial charge in [0, 0.05) is 18.3 Å². The van der Waals surface area contributed by atoms with Gasteiger partial charge in [-0.1, -0.05) is 42.5 Å². The Hall–Kier alpha value is -2.61. The van der Waals surface area contributed by atoms with Crippen LogP contribution in [0.15, 0.2) is 42.5 Å². The quantitative estimate of drug-likeness (QED) is 0.630. The monoisotopic (exact) mass is 323 g/mol. The minimum Gasteiger partial charge on any atom is -0.463 e. The first kappa shape index (κ1) is 14.9. The Balaban J connectivity index is 1.71. The zero-order valence-electron chi connectivity index (χ0n) is 13.1. The maximum atomic E-state index is 13.0. The van der Waals surface area contributed by atoms with Crippen LogP contribution in [0.3, 0.4) is 0 Å². The lowest BCUT2D eigenvalue weighted by atomic mass is 9.66. The third kappa shape index (κ3) is 1.99. The lowest BCUT2D eigenvalue weighted by Gasteiger charge is -2.34. The summed E-state index contributed by atoms with van der Waals surface area (Å²) >= 11 is 0. The molecule has 24 heavy (non-hydrogen) atoms. The molecule has 0 aromatic heterocycles. The van der Waals surface area contributed by atoms with Crippen molar-refractivity contribution in [3.8, 4) is 6.07 Å². The molecule has 1 saturated carbocycles. The van der Waals surface area contributed by atoms with Gasteiger partial charge in [-0.15, -0.1) is 0 Å². The van der Waals surface area contributed by atoms with Crippen LogP contribution in [-0.2, 0) is 19.1 Å². The number of carbonyl (C=O) groups excluding carboxylic acids is 2. The molecule has 0 amide bonds. The zero-order valence-corrected chi connectivity index (χ0v) is 13.1. The predicted molar refractivity (Wildman–Crippen MR) is 83.4 cm³/mol. The van der Waals surface area contributed by atoms with Crippen molar-refractivity contribution in [1.29, 1.82) is 5.26 Å². The summed E-state index contributed by atoms with van der Waals surface area (Å²) in [5.41, 5.74) is -0.314. The van der Waals surface area contributed by atoms with Crippen LogP contribution in [0.25, 0.3) is 0 Å². The number of fused-ring (bicyclic) bond motifs is 2. The van der Waals surface area contributed by atoms with Gasteiger partial charge in [0.2, 0.25) is 6.10 Å². The van der Waals surface area contributed by atoms with E-state index in [0.717, 1.165) is 12.0 Å². The summed E-state index contributed by atoms with van der Waals surface area (Å²) in [5.74, 6) is -1.41. The Labute approximate surface area is 139 Å². The maximum Gasteiger partial charge on any atom is 0.347 e. The lowest BCUT2D eigenvalue weighted by molar-refractivity contribution is -0.167. The molecule has 2 aliphatic carbocycles. The summed E-state index contributed by atoms with van der Waals surface area (Å²) in [5, 5.41) is 9.98. The maximum absolute atomic E-state index is 13.0. The first-order chi connectivity index (χ1) is 11.7. The van der Waals surface area contributed by atoms with Gasteiger partial charge < -0.3 is 9.47 Å². The third-order valence-corrected chi connectivity index (χ3v) is 5.44. The van der Waals surface area contributed by atoms with Crippen molar-refractivity contribution in [3.05, 3.63) is 48.0 Å². The van der Waals surface area contributed by atoms with E-state index in [2.05, 4.69) is 12.1 Å². The Morgan fingerprint density at radius 1 is 1.29 bits per heavy atom. The number of carbonyl (C=O) groups is 2. The number of nitriles is 1. The number of esters is 2. The second kappa shape index (κ2) is 5.48. The highest BCUT2D eigenvalue weighted by atomic mass is 16.6. The summed E-state index contributed by atoms with van der Waals surface area (Å²) in [6.45, 7) is 0.254. The highest BCUT2D eigenvalue weighted by Crippen LogP contribution is 2.61. The molecule has 1 saturated heterocycles. The molecule has 122 valence electrons. The smallest absolute Gasteiger partial charge is 0.347 e. The highest BCUT2D eigenvalue weighted by molar-refractivity contribution is 5.87. The molecule has 2 fully saturated rings. The van der Waals surface area contributed by atoms with E-state index in [9.17, 15) is 14.9 Å². The van der Waals surface area contributed by atoms with Crippen LogP contribution in [0.5, 0.6) is 0 Å². The molecule has 0 spiro atoms. The van der Waals surface area contributed by atoms with E-state index in [1.165, 1.54) is 0 Å². The largest absolute Gasteiger partial charge is 0.463 e. The van der Waals surface area contributed by atoms with Gasteiger partial charge in [-0.05, 0) is 17.9 Å². The van der Waals surface area contributed by atoms with Crippen molar-refractivity contribution in [3.63, 3.8) is 0 Å². The molecular weight excluding hydrogens is 306 g/mol. The molecule has 1 heterocycles. The molecule has 3 aliphatic rings. The molecule has 1 aliphatic heterocycles. The van der Waals surface area contributed by atoms with Crippen LogP contribution in [-0.4, -0.2) is 24.6 Å². The molecular formula is C19H17NO4. The number of rotatable bonds is 3. The lowest BCUT2D eigenvalue weighted by Crippen LogP contribution is -2.43. The number of ether oxygens (including phenoxy) is 2. The van der Waals surface area contributed by atoms with E-state index >= 15 is 0 Å². The van der Waals surface area contributed by atoms with Crippen LogP contribution in [0.2, 0.25) is 0 Å². The molecule has 4 rings (SSSR count). The minimum atomic E-state index is -1.27. The number of hydrogen-bond acceptors (Lipinski definition) is 5. The van der Waals surface area contributed by atoms with Gasteiger partial charge in [-0.25, -0.2) is 4.79 Å². The van der Waals surface area contributed by atoms with Crippen molar-refractivity contribution in [2.24, 2.45) is 17.3 Å². The van der Waals surface area contributed by atoms with Crippen molar-refractivity contribution >= 4 is 11.9 Å². The summed E-state index contributed by atoms with van der Waals surface area (Å²) in [6.07, 6.45) is 4.27. The third-order valence-electron chi connectivity index (χ3n) is 5.44. The molecule has 2 bridgehead atoms. The fourth-order valence-corrected chi connectivity index (χ4v) is 4.34. The molecule has 1 aromatic rings. The standard InChI is InChI=1S/C19H17NO4/c20-11-19(18(22)24-15-8-9-23-17(15)21)14-7-6-13(10-14)16(19)12-4-2-1-3-5-12/h1-7,13-16H,8-10H2/t13-,14+,15-,16+,19+/m1/s1. The average molecular weight is 323 g/mol. The van der Waals surface area contributed by atoms with E-state index in [1.807, 2.05) is 36.4 Å². The van der Waals surface area contributed by atoms with Gasteiger partial charge in [0.25, 0.3) is 0 Å². The van der Waals surface area contributed by atoms with Crippen molar-refractivity contribution in [2.75, 3.05) is 6.61 Å². The summed E-state index contributed by atoms with van der Waals surface area (Å²) in [4.78, 5) is 24.6. The number of allylic oxidation sites excluding steroid dienone is 2. The molecule has 5 atom stereocenters. The number of benzene rings is 1. The Morgan fingerprint density at radius 3 is 2.75 bits per heavy atom. The highest BCUT2D eigenvalue weighted by Gasteiger charge is 2.63. The fourth-order valence-electron chi connectivity index (χ4n) is 4.34. The molecule has 1 aromatic carbocycles. The van der Waals surface area contributed by atoms with E-state index < -0.39 is 23.5 Å². The Bertz CT molecular complexity index is 750. The van der Waals surface area contributed by atoms with E-state index in [0.29, 0.717) is 6.42 Å². The van der Waals surface area contributed by atoms with Crippen LogP contribution < -0.4 is 0 Å². The van der Waals surface area contributed by atoms with Crippen molar-refractivity contribution in [1.82, 2.24) is 0 Å². The van der Waals surface area contributed by atoms with Crippen LogP contribution in [0.4, 0.5) is 0 Å². The van der Waals surface area contributed by atoms with Gasteiger partial charge in [0.05, 0.1) is 12.7 Å². The summed E-state index contributed by atoms with van der Waals surface area (Å²) in [7, 11) is 0. The van der Waals surface area contributed by atoms with Crippen molar-refractivity contribution in [2.45, 2.75) is 24.9 Å². The van der Waals surface area contributed by atoms with E-state index in [4.69, 9.17) is 9.47 Å². The topological polar surface area (TPSA) is 76.4 Å². The number of hydrogen-bond donors (Lipinski definition) is 0.